The van der Waals surface area contributed by atoms with E-state index < -0.39 is 12.1 Å². The minimum Gasteiger partial charge on any atom is -0.394 e. The van der Waals surface area contributed by atoms with Crippen LogP contribution in [0, 0.1) is 0 Å². The number of hydrogen-bond acceptors (Lipinski definition) is 3. The molecule has 1 amide bonds. The van der Waals surface area contributed by atoms with Gasteiger partial charge in [-0.25, -0.2) is 0 Å². The van der Waals surface area contributed by atoms with Crippen LogP contribution >= 0.6 is 0 Å². The number of amides is 1. The van der Waals surface area contributed by atoms with Gasteiger partial charge in [-0.1, -0.05) is 322 Å². The third kappa shape index (κ3) is 50.3. The van der Waals surface area contributed by atoms with Crippen LogP contribution in [0.3, 0.4) is 0 Å². The van der Waals surface area contributed by atoms with Crippen molar-refractivity contribution in [3.05, 3.63) is 0 Å². The molecule has 0 aromatic rings. The highest BCUT2D eigenvalue weighted by atomic mass is 16.3. The molecule has 0 saturated heterocycles. The van der Waals surface area contributed by atoms with Crippen molar-refractivity contribution in [2.75, 3.05) is 6.61 Å². The standard InChI is InChI=1S/C57H115NO3/c1-3-5-7-9-11-13-15-17-19-21-22-23-24-25-26-27-28-29-30-31-32-33-34-35-36-37-38-40-42-44-46-48-50-52-56(60)55(54-59)58-57(61)53-51-49-47-45-43-41-39-20-18-16-14-12-10-8-6-4-2/h55-56,59-60H,3-54H2,1-2H3,(H,58,61). The van der Waals surface area contributed by atoms with Gasteiger partial charge in [0.05, 0.1) is 18.8 Å². The molecule has 0 fully saturated rings. The largest absolute Gasteiger partial charge is 0.394 e. The Morgan fingerprint density at radius 3 is 0.738 bits per heavy atom. The number of aliphatic hydroxyl groups is 2. The summed E-state index contributed by atoms with van der Waals surface area (Å²) < 4.78 is 0. The van der Waals surface area contributed by atoms with Crippen LogP contribution in [0.25, 0.3) is 0 Å². The normalized spacial score (nSPS) is 12.7. The molecular weight excluding hydrogens is 747 g/mol. The topological polar surface area (TPSA) is 69.6 Å². The molecule has 2 atom stereocenters. The van der Waals surface area contributed by atoms with Crippen molar-refractivity contribution >= 4 is 5.91 Å². The average Bonchev–Trinajstić information content (AvgIpc) is 3.26. The maximum Gasteiger partial charge on any atom is 0.220 e. The first kappa shape index (κ1) is 60.4. The highest BCUT2D eigenvalue weighted by Crippen LogP contribution is 2.19. The quantitative estimate of drug-likeness (QED) is 0.0534. The third-order valence-electron chi connectivity index (χ3n) is 13.9. The Morgan fingerprint density at radius 2 is 0.525 bits per heavy atom. The van der Waals surface area contributed by atoms with Gasteiger partial charge in [-0.05, 0) is 12.8 Å². The Kier molecular flexibility index (Phi) is 53.2. The van der Waals surface area contributed by atoms with Gasteiger partial charge in [-0.15, -0.1) is 0 Å². The number of hydrogen-bond donors (Lipinski definition) is 3. The van der Waals surface area contributed by atoms with E-state index >= 15 is 0 Å². The van der Waals surface area contributed by atoms with Crippen LogP contribution in [-0.2, 0) is 4.79 Å². The molecule has 4 nitrogen and oxygen atoms in total. The predicted molar refractivity (Wildman–Crippen MR) is 272 cm³/mol. The van der Waals surface area contributed by atoms with Gasteiger partial charge >= 0.3 is 0 Å². The lowest BCUT2D eigenvalue weighted by Gasteiger charge is -2.22. The third-order valence-corrected chi connectivity index (χ3v) is 13.9. The summed E-state index contributed by atoms with van der Waals surface area (Å²) in [4.78, 5) is 12.5. The summed E-state index contributed by atoms with van der Waals surface area (Å²) in [6.07, 6.45) is 68.2. The minimum absolute atomic E-state index is 0.0235. The molecule has 0 bridgehead atoms. The molecule has 4 heteroatoms. The first-order chi connectivity index (χ1) is 30.2. The second-order valence-electron chi connectivity index (χ2n) is 20.1. The van der Waals surface area contributed by atoms with Crippen LogP contribution in [-0.4, -0.2) is 34.9 Å². The van der Waals surface area contributed by atoms with Crippen molar-refractivity contribution in [2.24, 2.45) is 0 Å². The monoisotopic (exact) mass is 862 g/mol. The maximum absolute atomic E-state index is 12.5. The molecule has 0 aromatic heterocycles. The summed E-state index contributed by atoms with van der Waals surface area (Å²) in [6.45, 7) is 4.40. The lowest BCUT2D eigenvalue weighted by Crippen LogP contribution is -2.45. The number of carbonyl (C=O) groups is 1. The molecule has 0 radical (unpaired) electrons. The summed E-state index contributed by atoms with van der Waals surface area (Å²) in [5.41, 5.74) is 0. The van der Waals surface area contributed by atoms with Crippen molar-refractivity contribution in [1.29, 1.82) is 0 Å². The fourth-order valence-corrected chi connectivity index (χ4v) is 9.48. The Bertz CT molecular complexity index is 803. The number of unbranched alkanes of at least 4 members (excludes halogenated alkanes) is 47. The average molecular weight is 863 g/mol. The SMILES string of the molecule is CCCCCCCCCCCCCCCCCCCCCCCCCCCCCCCCCCCC(O)C(CO)NC(=O)CCCCCCCCCCCCCCCCCC. The van der Waals surface area contributed by atoms with Crippen LogP contribution in [0.1, 0.15) is 341 Å². The van der Waals surface area contributed by atoms with E-state index in [1.54, 1.807) is 0 Å². The van der Waals surface area contributed by atoms with Crippen molar-refractivity contribution in [1.82, 2.24) is 5.32 Å². The van der Waals surface area contributed by atoms with Crippen LogP contribution in [0.5, 0.6) is 0 Å². The Balaban J connectivity index is 3.36. The molecule has 3 N–H and O–H groups in total. The van der Waals surface area contributed by atoms with Crippen LogP contribution < -0.4 is 5.32 Å². The van der Waals surface area contributed by atoms with E-state index in [9.17, 15) is 15.0 Å². The molecule has 0 saturated carbocycles. The Hall–Kier alpha value is -0.610. The highest BCUT2D eigenvalue weighted by Gasteiger charge is 2.20. The fourth-order valence-electron chi connectivity index (χ4n) is 9.48. The molecular formula is C57H115NO3. The van der Waals surface area contributed by atoms with E-state index in [1.165, 1.54) is 289 Å². The second kappa shape index (κ2) is 53.7. The predicted octanol–water partition coefficient (Wildman–Crippen LogP) is 18.8. The minimum atomic E-state index is -0.654. The number of nitrogens with one attached hydrogen (secondary N) is 1. The molecule has 0 rings (SSSR count). The van der Waals surface area contributed by atoms with Gasteiger partial charge in [0.25, 0.3) is 0 Å². The second-order valence-corrected chi connectivity index (χ2v) is 20.1. The zero-order valence-electron chi connectivity index (χ0n) is 42.2. The van der Waals surface area contributed by atoms with Gasteiger partial charge in [0.15, 0.2) is 0 Å². The van der Waals surface area contributed by atoms with Gasteiger partial charge < -0.3 is 15.5 Å². The first-order valence-corrected chi connectivity index (χ1v) is 28.7. The number of rotatable bonds is 54. The van der Waals surface area contributed by atoms with E-state index in [2.05, 4.69) is 19.2 Å². The fraction of sp³-hybridized carbons (Fsp3) is 0.982. The Labute approximate surface area is 384 Å². The Morgan fingerprint density at radius 1 is 0.328 bits per heavy atom. The number of aliphatic hydroxyl groups excluding tert-OH is 2. The molecule has 0 aliphatic rings. The van der Waals surface area contributed by atoms with Crippen molar-refractivity contribution < 1.29 is 15.0 Å². The molecule has 0 heterocycles. The molecule has 0 aliphatic carbocycles. The van der Waals surface area contributed by atoms with E-state index in [4.69, 9.17) is 0 Å². The van der Waals surface area contributed by atoms with E-state index in [-0.39, 0.29) is 12.5 Å². The van der Waals surface area contributed by atoms with E-state index in [0.717, 1.165) is 25.7 Å². The summed E-state index contributed by atoms with van der Waals surface area (Å²) in [5, 5.41) is 23.3. The van der Waals surface area contributed by atoms with E-state index in [0.29, 0.717) is 12.8 Å². The van der Waals surface area contributed by atoms with Gasteiger partial charge in [0.1, 0.15) is 0 Å². The molecule has 366 valence electrons. The summed E-state index contributed by atoms with van der Waals surface area (Å²) in [7, 11) is 0. The lowest BCUT2D eigenvalue weighted by molar-refractivity contribution is -0.123. The van der Waals surface area contributed by atoms with Gasteiger partial charge in [-0.3, -0.25) is 4.79 Å². The van der Waals surface area contributed by atoms with Gasteiger partial charge in [-0.2, -0.15) is 0 Å². The van der Waals surface area contributed by atoms with E-state index in [1.807, 2.05) is 0 Å². The van der Waals surface area contributed by atoms with Crippen molar-refractivity contribution in [2.45, 2.75) is 353 Å². The van der Waals surface area contributed by atoms with Crippen molar-refractivity contribution in [3.8, 4) is 0 Å². The molecule has 61 heavy (non-hydrogen) atoms. The molecule has 0 spiro atoms. The molecule has 0 aliphatic heterocycles. The van der Waals surface area contributed by atoms with Crippen LogP contribution in [0.15, 0.2) is 0 Å². The van der Waals surface area contributed by atoms with Crippen LogP contribution in [0.4, 0.5) is 0 Å². The lowest BCUT2D eigenvalue weighted by atomic mass is 10.0. The van der Waals surface area contributed by atoms with Crippen molar-refractivity contribution in [3.63, 3.8) is 0 Å². The summed E-state index contributed by atoms with van der Waals surface area (Å²) >= 11 is 0. The summed E-state index contributed by atoms with van der Waals surface area (Å²) in [6, 6.07) is -0.531. The zero-order valence-corrected chi connectivity index (χ0v) is 42.2. The smallest absolute Gasteiger partial charge is 0.220 e. The highest BCUT2D eigenvalue weighted by molar-refractivity contribution is 5.76. The number of carbonyl (C=O) groups excluding carboxylic acids is 1. The molecule has 2 unspecified atom stereocenters. The van der Waals surface area contributed by atoms with Crippen LogP contribution in [0.2, 0.25) is 0 Å². The first-order valence-electron chi connectivity index (χ1n) is 28.7. The molecule has 0 aromatic carbocycles. The zero-order chi connectivity index (χ0) is 44.2. The summed E-state index contributed by atoms with van der Waals surface area (Å²) in [5.74, 6) is -0.0235. The maximum atomic E-state index is 12.5. The van der Waals surface area contributed by atoms with Gasteiger partial charge in [0.2, 0.25) is 5.91 Å². The van der Waals surface area contributed by atoms with Gasteiger partial charge in [0, 0.05) is 6.42 Å².